The van der Waals surface area contributed by atoms with Crippen molar-refractivity contribution < 1.29 is 0 Å². The van der Waals surface area contributed by atoms with Gasteiger partial charge < -0.3 is 11.1 Å². The van der Waals surface area contributed by atoms with Gasteiger partial charge in [0.2, 0.25) is 0 Å². The fraction of sp³-hybridized carbons (Fsp3) is 0.0714. The summed E-state index contributed by atoms with van der Waals surface area (Å²) in [6, 6.07) is 10.0. The van der Waals surface area contributed by atoms with Gasteiger partial charge in [-0.05, 0) is 17.2 Å². The summed E-state index contributed by atoms with van der Waals surface area (Å²) in [5.74, 6) is 0.797. The molecule has 0 unspecified atom stereocenters. The lowest BCUT2D eigenvalue weighted by Gasteiger charge is -2.08. The van der Waals surface area contributed by atoms with Gasteiger partial charge in [-0.25, -0.2) is 9.97 Å². The Balaban J connectivity index is 1.70. The molecule has 0 saturated carbocycles. The summed E-state index contributed by atoms with van der Waals surface area (Å²) in [5.41, 5.74) is 8.81. The molecule has 6 nitrogen and oxygen atoms in total. The molecular formula is C14H13ClN6. The third kappa shape index (κ3) is 2.95. The van der Waals surface area contributed by atoms with E-state index in [0.717, 1.165) is 16.8 Å². The molecule has 21 heavy (non-hydrogen) atoms. The minimum Gasteiger partial charge on any atom is -0.382 e. The Morgan fingerprint density at radius 3 is 2.67 bits per heavy atom. The molecular weight excluding hydrogens is 288 g/mol. The molecule has 0 amide bonds. The maximum Gasteiger partial charge on any atom is 0.150 e. The van der Waals surface area contributed by atoms with Gasteiger partial charge in [-0.1, -0.05) is 35.9 Å². The molecule has 3 aromatic rings. The highest BCUT2D eigenvalue weighted by Gasteiger charge is 2.06. The van der Waals surface area contributed by atoms with Crippen molar-refractivity contribution >= 4 is 23.2 Å². The number of anilines is 2. The highest BCUT2D eigenvalue weighted by Crippen LogP contribution is 2.24. The number of H-pyrrole nitrogens is 1. The summed E-state index contributed by atoms with van der Waals surface area (Å²) in [5, 5.41) is 10.3. The largest absolute Gasteiger partial charge is 0.382 e. The number of halogens is 1. The predicted octanol–water partition coefficient (Wildman–Crippen LogP) is 2.71. The summed E-state index contributed by atoms with van der Waals surface area (Å²) in [7, 11) is 0. The van der Waals surface area contributed by atoms with Gasteiger partial charge in [0.25, 0.3) is 0 Å². The SMILES string of the molecule is Nc1ncnc(NCc2ccc(-c3ccn[nH]3)cc2)c1Cl. The maximum absolute atomic E-state index is 6.03. The maximum atomic E-state index is 6.03. The zero-order chi connectivity index (χ0) is 14.7. The van der Waals surface area contributed by atoms with Crippen molar-refractivity contribution in [1.82, 2.24) is 20.2 Å². The van der Waals surface area contributed by atoms with Crippen LogP contribution in [0.15, 0.2) is 42.9 Å². The second-order valence-corrected chi connectivity index (χ2v) is 4.82. The van der Waals surface area contributed by atoms with Gasteiger partial charge in [-0.2, -0.15) is 5.10 Å². The number of nitrogen functional groups attached to an aromatic ring is 1. The summed E-state index contributed by atoms with van der Waals surface area (Å²) in [6.07, 6.45) is 3.11. The molecule has 0 spiro atoms. The number of hydrogen-bond donors (Lipinski definition) is 3. The van der Waals surface area contributed by atoms with Gasteiger partial charge in [0.1, 0.15) is 17.2 Å². The minimum absolute atomic E-state index is 0.267. The van der Waals surface area contributed by atoms with Gasteiger partial charge in [-0.3, -0.25) is 5.10 Å². The van der Waals surface area contributed by atoms with E-state index in [1.165, 1.54) is 6.33 Å². The van der Waals surface area contributed by atoms with E-state index in [-0.39, 0.29) is 5.82 Å². The summed E-state index contributed by atoms with van der Waals surface area (Å²) >= 11 is 6.03. The number of nitrogens with two attached hydrogens (primary N) is 1. The molecule has 0 saturated heterocycles. The molecule has 0 fully saturated rings. The number of nitrogens with one attached hydrogen (secondary N) is 2. The summed E-state index contributed by atoms with van der Waals surface area (Å²) in [4.78, 5) is 7.88. The Labute approximate surface area is 126 Å². The van der Waals surface area contributed by atoms with Crippen LogP contribution in [0.4, 0.5) is 11.6 Å². The third-order valence-electron chi connectivity index (χ3n) is 3.04. The molecule has 7 heteroatoms. The quantitative estimate of drug-likeness (QED) is 0.689. The van der Waals surface area contributed by atoms with Crippen LogP contribution in [0.1, 0.15) is 5.56 Å². The van der Waals surface area contributed by atoms with Crippen molar-refractivity contribution in [1.29, 1.82) is 0 Å². The smallest absolute Gasteiger partial charge is 0.150 e. The van der Waals surface area contributed by atoms with Gasteiger partial charge in [0.15, 0.2) is 5.82 Å². The summed E-state index contributed by atoms with van der Waals surface area (Å²) in [6.45, 7) is 0.597. The van der Waals surface area contributed by atoms with Crippen molar-refractivity contribution in [3.63, 3.8) is 0 Å². The zero-order valence-electron chi connectivity index (χ0n) is 11.0. The van der Waals surface area contributed by atoms with Crippen LogP contribution in [-0.4, -0.2) is 20.2 Å². The highest BCUT2D eigenvalue weighted by atomic mass is 35.5. The first-order chi connectivity index (χ1) is 10.2. The van der Waals surface area contributed by atoms with Crippen LogP contribution in [0.2, 0.25) is 5.02 Å². The first-order valence-corrected chi connectivity index (χ1v) is 6.70. The van der Waals surface area contributed by atoms with E-state index < -0.39 is 0 Å². The molecule has 2 heterocycles. The molecule has 0 atom stereocenters. The van der Waals surface area contributed by atoms with E-state index in [9.17, 15) is 0 Å². The fourth-order valence-corrected chi connectivity index (χ4v) is 2.08. The Bertz CT molecular complexity index is 724. The molecule has 0 radical (unpaired) electrons. The normalized spacial score (nSPS) is 10.5. The van der Waals surface area contributed by atoms with E-state index >= 15 is 0 Å². The van der Waals surface area contributed by atoms with Crippen LogP contribution in [-0.2, 0) is 6.54 Å². The third-order valence-corrected chi connectivity index (χ3v) is 3.41. The monoisotopic (exact) mass is 300 g/mol. The molecule has 3 rings (SSSR count). The second-order valence-electron chi connectivity index (χ2n) is 4.44. The van der Waals surface area contributed by atoms with Gasteiger partial charge in [-0.15, -0.1) is 0 Å². The topological polar surface area (TPSA) is 92.5 Å². The van der Waals surface area contributed by atoms with Gasteiger partial charge in [0, 0.05) is 12.7 Å². The summed E-state index contributed by atoms with van der Waals surface area (Å²) < 4.78 is 0. The van der Waals surface area contributed by atoms with Crippen molar-refractivity contribution in [2.75, 3.05) is 11.1 Å². The number of aromatic amines is 1. The predicted molar refractivity (Wildman–Crippen MR) is 82.8 cm³/mol. The molecule has 2 aromatic heterocycles. The van der Waals surface area contributed by atoms with E-state index in [4.69, 9.17) is 17.3 Å². The van der Waals surface area contributed by atoms with Crippen molar-refractivity contribution in [2.24, 2.45) is 0 Å². The molecule has 0 aliphatic heterocycles. The van der Waals surface area contributed by atoms with Crippen LogP contribution in [0.3, 0.4) is 0 Å². The Kier molecular flexibility index (Phi) is 3.70. The van der Waals surface area contributed by atoms with Crippen LogP contribution in [0, 0.1) is 0 Å². The van der Waals surface area contributed by atoms with Crippen molar-refractivity contribution in [2.45, 2.75) is 6.54 Å². The van der Waals surface area contributed by atoms with E-state index in [1.807, 2.05) is 30.3 Å². The lowest BCUT2D eigenvalue weighted by molar-refractivity contribution is 1.08. The molecule has 0 bridgehead atoms. The van der Waals surface area contributed by atoms with Gasteiger partial charge in [0.05, 0.1) is 5.69 Å². The van der Waals surface area contributed by atoms with Crippen molar-refractivity contribution in [3.05, 3.63) is 53.4 Å². The van der Waals surface area contributed by atoms with E-state index in [2.05, 4.69) is 25.5 Å². The molecule has 1 aromatic carbocycles. The number of nitrogens with zero attached hydrogens (tertiary/aromatic N) is 3. The first-order valence-electron chi connectivity index (χ1n) is 6.32. The number of rotatable bonds is 4. The lowest BCUT2D eigenvalue weighted by Crippen LogP contribution is -2.04. The Morgan fingerprint density at radius 1 is 1.14 bits per heavy atom. The van der Waals surface area contributed by atoms with E-state index in [1.54, 1.807) is 6.20 Å². The van der Waals surface area contributed by atoms with Gasteiger partial charge >= 0.3 is 0 Å². The number of benzene rings is 1. The minimum atomic E-state index is 0.267. The zero-order valence-corrected chi connectivity index (χ0v) is 11.8. The average molecular weight is 301 g/mol. The van der Waals surface area contributed by atoms with Crippen LogP contribution >= 0.6 is 11.6 Å². The highest BCUT2D eigenvalue weighted by molar-refractivity contribution is 6.35. The molecule has 106 valence electrons. The van der Waals surface area contributed by atoms with Crippen LogP contribution < -0.4 is 11.1 Å². The second kappa shape index (κ2) is 5.80. The number of hydrogen-bond acceptors (Lipinski definition) is 5. The van der Waals surface area contributed by atoms with Crippen molar-refractivity contribution in [3.8, 4) is 11.3 Å². The first kappa shape index (κ1) is 13.4. The standard InChI is InChI=1S/C14H13ClN6/c15-12-13(16)18-8-19-14(12)17-7-9-1-3-10(4-2-9)11-5-6-20-21-11/h1-6,8H,7H2,(H,20,21)(H3,16,17,18,19). The number of aromatic nitrogens is 4. The average Bonchev–Trinajstić information content (AvgIpc) is 3.04. The van der Waals surface area contributed by atoms with Crippen LogP contribution in [0.25, 0.3) is 11.3 Å². The van der Waals surface area contributed by atoms with Crippen LogP contribution in [0.5, 0.6) is 0 Å². The molecule has 0 aliphatic rings. The van der Waals surface area contributed by atoms with E-state index in [0.29, 0.717) is 17.4 Å². The fourth-order valence-electron chi connectivity index (χ4n) is 1.91. The molecule has 0 aliphatic carbocycles. The Hall–Kier alpha value is -2.60. The lowest BCUT2D eigenvalue weighted by atomic mass is 10.1. The Morgan fingerprint density at radius 2 is 1.95 bits per heavy atom. The molecule has 4 N–H and O–H groups in total.